The number of aliphatic hydroxyl groups excluding tert-OH is 1. The predicted molar refractivity (Wildman–Crippen MR) is 50.9 cm³/mol. The van der Waals surface area contributed by atoms with E-state index in [1.54, 1.807) is 18.2 Å². The third-order valence-electron chi connectivity index (χ3n) is 2.11. The second kappa shape index (κ2) is 3.72. The Morgan fingerprint density at radius 2 is 2.14 bits per heavy atom. The molecule has 1 atom stereocenters. The lowest BCUT2D eigenvalue weighted by atomic mass is 10.2. The Labute approximate surface area is 82.0 Å². The van der Waals surface area contributed by atoms with E-state index in [1.165, 1.54) is 6.26 Å². The van der Waals surface area contributed by atoms with Crippen LogP contribution in [0.2, 0.25) is 0 Å². The van der Waals surface area contributed by atoms with Crippen molar-refractivity contribution in [3.8, 4) is 0 Å². The quantitative estimate of drug-likeness (QED) is 0.812. The maximum absolute atomic E-state index is 9.80. The van der Waals surface area contributed by atoms with Crippen LogP contribution in [0.15, 0.2) is 39.4 Å². The Morgan fingerprint density at radius 1 is 1.29 bits per heavy atom. The van der Waals surface area contributed by atoms with Gasteiger partial charge >= 0.3 is 0 Å². The van der Waals surface area contributed by atoms with E-state index in [0.717, 1.165) is 12.2 Å². The molecule has 74 valence electrons. The molecule has 14 heavy (non-hydrogen) atoms. The monoisotopic (exact) mass is 192 g/mol. The molecule has 0 aliphatic rings. The molecule has 0 saturated carbocycles. The van der Waals surface area contributed by atoms with Gasteiger partial charge in [-0.25, -0.2) is 0 Å². The molecule has 3 nitrogen and oxygen atoms in total. The van der Waals surface area contributed by atoms with Gasteiger partial charge in [-0.1, -0.05) is 6.92 Å². The molecule has 1 unspecified atom stereocenters. The number of hydrogen-bond acceptors (Lipinski definition) is 3. The van der Waals surface area contributed by atoms with Crippen molar-refractivity contribution in [2.75, 3.05) is 0 Å². The highest BCUT2D eigenvalue weighted by molar-refractivity contribution is 5.17. The van der Waals surface area contributed by atoms with Gasteiger partial charge in [-0.2, -0.15) is 0 Å². The van der Waals surface area contributed by atoms with Gasteiger partial charge < -0.3 is 13.9 Å². The molecule has 1 N–H and O–H groups in total. The molecule has 0 radical (unpaired) electrons. The van der Waals surface area contributed by atoms with Crippen molar-refractivity contribution in [3.63, 3.8) is 0 Å². The van der Waals surface area contributed by atoms with Crippen molar-refractivity contribution in [3.05, 3.63) is 47.8 Å². The van der Waals surface area contributed by atoms with Crippen LogP contribution in [0, 0.1) is 0 Å². The van der Waals surface area contributed by atoms with Crippen molar-refractivity contribution in [2.24, 2.45) is 0 Å². The summed E-state index contributed by atoms with van der Waals surface area (Å²) in [7, 11) is 0. The number of rotatable bonds is 3. The molecule has 0 aromatic carbocycles. The summed E-state index contributed by atoms with van der Waals surface area (Å²) in [6.45, 7) is 2.00. The molecular formula is C11H12O3. The van der Waals surface area contributed by atoms with E-state index in [1.807, 2.05) is 13.0 Å². The number of hydrogen-bond donors (Lipinski definition) is 1. The molecule has 2 aromatic rings. The number of aryl methyl sites for hydroxylation is 1. The van der Waals surface area contributed by atoms with Gasteiger partial charge in [0.05, 0.1) is 6.26 Å². The summed E-state index contributed by atoms with van der Waals surface area (Å²) in [5.41, 5.74) is 0. The Hall–Kier alpha value is -1.48. The second-order valence-electron chi connectivity index (χ2n) is 3.08. The Bertz CT molecular complexity index is 386. The van der Waals surface area contributed by atoms with E-state index in [2.05, 4.69) is 0 Å². The van der Waals surface area contributed by atoms with E-state index < -0.39 is 6.10 Å². The molecule has 0 aliphatic carbocycles. The average Bonchev–Trinajstić information content (AvgIpc) is 2.88. The number of aliphatic hydroxyl groups is 1. The van der Waals surface area contributed by atoms with Gasteiger partial charge in [-0.3, -0.25) is 0 Å². The molecule has 3 heteroatoms. The summed E-state index contributed by atoms with van der Waals surface area (Å²) in [5, 5.41) is 9.80. The molecule has 0 fully saturated rings. The van der Waals surface area contributed by atoms with Crippen LogP contribution in [0.25, 0.3) is 0 Å². The summed E-state index contributed by atoms with van der Waals surface area (Å²) in [6, 6.07) is 7.09. The molecule has 2 rings (SSSR count). The van der Waals surface area contributed by atoms with Gasteiger partial charge in [0.15, 0.2) is 6.10 Å². The Balaban J connectivity index is 2.23. The van der Waals surface area contributed by atoms with Crippen LogP contribution >= 0.6 is 0 Å². The zero-order chi connectivity index (χ0) is 9.97. The van der Waals surface area contributed by atoms with Crippen LogP contribution < -0.4 is 0 Å². The fraction of sp³-hybridized carbons (Fsp3) is 0.273. The standard InChI is InChI=1S/C11H12O3/c1-2-8-5-6-10(14-8)11(12)9-4-3-7-13-9/h3-7,11-12H,2H2,1H3. The first-order valence-corrected chi connectivity index (χ1v) is 4.61. The van der Waals surface area contributed by atoms with Crippen LogP contribution in [0.5, 0.6) is 0 Å². The highest BCUT2D eigenvalue weighted by atomic mass is 16.4. The zero-order valence-corrected chi connectivity index (χ0v) is 7.93. The van der Waals surface area contributed by atoms with Crippen molar-refractivity contribution in [1.82, 2.24) is 0 Å². The molecule has 2 aromatic heterocycles. The third-order valence-corrected chi connectivity index (χ3v) is 2.11. The minimum Gasteiger partial charge on any atom is -0.466 e. The first-order chi connectivity index (χ1) is 6.81. The van der Waals surface area contributed by atoms with Crippen molar-refractivity contribution in [1.29, 1.82) is 0 Å². The molecule has 0 bridgehead atoms. The maximum atomic E-state index is 9.80. The maximum Gasteiger partial charge on any atom is 0.169 e. The molecule has 0 saturated heterocycles. The van der Waals surface area contributed by atoms with E-state index in [0.29, 0.717) is 11.5 Å². The lowest BCUT2D eigenvalue weighted by Crippen LogP contribution is -1.95. The lowest BCUT2D eigenvalue weighted by molar-refractivity contribution is 0.160. The highest BCUT2D eigenvalue weighted by Crippen LogP contribution is 2.24. The minimum absolute atomic E-state index is 0.502. The van der Waals surface area contributed by atoms with Gasteiger partial charge in [0, 0.05) is 6.42 Å². The smallest absolute Gasteiger partial charge is 0.169 e. The van der Waals surface area contributed by atoms with Gasteiger partial charge in [-0.05, 0) is 24.3 Å². The summed E-state index contributed by atoms with van der Waals surface area (Å²) >= 11 is 0. The first kappa shape index (κ1) is 9.09. The van der Waals surface area contributed by atoms with Gasteiger partial charge in [0.2, 0.25) is 0 Å². The number of furan rings is 2. The molecule has 0 aliphatic heterocycles. The second-order valence-corrected chi connectivity index (χ2v) is 3.08. The molecular weight excluding hydrogens is 180 g/mol. The van der Waals surface area contributed by atoms with Crippen LogP contribution in [-0.2, 0) is 6.42 Å². The van der Waals surface area contributed by atoms with Crippen LogP contribution in [-0.4, -0.2) is 5.11 Å². The van der Waals surface area contributed by atoms with Crippen molar-refractivity contribution in [2.45, 2.75) is 19.4 Å². The largest absolute Gasteiger partial charge is 0.466 e. The van der Waals surface area contributed by atoms with E-state index >= 15 is 0 Å². The van der Waals surface area contributed by atoms with E-state index in [-0.39, 0.29) is 0 Å². The predicted octanol–water partition coefficient (Wildman–Crippen LogP) is 2.52. The molecule has 2 heterocycles. The Morgan fingerprint density at radius 3 is 2.71 bits per heavy atom. The van der Waals surface area contributed by atoms with Gasteiger partial charge in [-0.15, -0.1) is 0 Å². The van der Waals surface area contributed by atoms with E-state index in [9.17, 15) is 5.11 Å². The van der Waals surface area contributed by atoms with Crippen molar-refractivity contribution < 1.29 is 13.9 Å². The van der Waals surface area contributed by atoms with Crippen LogP contribution in [0.1, 0.15) is 30.3 Å². The topological polar surface area (TPSA) is 46.5 Å². The summed E-state index contributed by atoms with van der Waals surface area (Å²) in [6.07, 6.45) is 1.55. The first-order valence-electron chi connectivity index (χ1n) is 4.61. The lowest BCUT2D eigenvalue weighted by Gasteiger charge is -2.02. The normalized spacial score (nSPS) is 13.0. The molecule has 0 amide bonds. The Kier molecular flexibility index (Phi) is 2.41. The minimum atomic E-state index is -0.801. The third kappa shape index (κ3) is 1.59. The zero-order valence-electron chi connectivity index (χ0n) is 7.93. The fourth-order valence-corrected chi connectivity index (χ4v) is 1.32. The molecule has 0 spiro atoms. The van der Waals surface area contributed by atoms with Crippen LogP contribution in [0.3, 0.4) is 0 Å². The van der Waals surface area contributed by atoms with Crippen molar-refractivity contribution >= 4 is 0 Å². The van der Waals surface area contributed by atoms with Gasteiger partial charge in [0.1, 0.15) is 17.3 Å². The van der Waals surface area contributed by atoms with Gasteiger partial charge in [0.25, 0.3) is 0 Å². The summed E-state index contributed by atoms with van der Waals surface area (Å²) in [5.74, 6) is 1.89. The van der Waals surface area contributed by atoms with Crippen LogP contribution in [0.4, 0.5) is 0 Å². The fourth-order valence-electron chi connectivity index (χ4n) is 1.32. The summed E-state index contributed by atoms with van der Waals surface area (Å²) in [4.78, 5) is 0. The summed E-state index contributed by atoms with van der Waals surface area (Å²) < 4.78 is 10.5. The average molecular weight is 192 g/mol. The SMILES string of the molecule is CCc1ccc(C(O)c2ccco2)o1. The highest BCUT2D eigenvalue weighted by Gasteiger charge is 2.16. The van der Waals surface area contributed by atoms with E-state index in [4.69, 9.17) is 8.83 Å².